The average Bonchev–Trinajstić information content (AvgIpc) is 2.96. The summed E-state index contributed by atoms with van der Waals surface area (Å²) < 4.78 is 7.36. The zero-order chi connectivity index (χ0) is 16.1. The topological polar surface area (TPSA) is 76.4 Å². The Labute approximate surface area is 129 Å². The van der Waals surface area contributed by atoms with Gasteiger partial charge in [0.2, 0.25) is 0 Å². The van der Waals surface area contributed by atoms with Gasteiger partial charge in [0.05, 0.1) is 18.5 Å². The molecule has 2 rings (SSSR count). The Bertz CT molecular complexity index is 637. The molecule has 0 aliphatic carbocycles. The molecule has 2 aromatic rings. The first kappa shape index (κ1) is 16.0. The first-order chi connectivity index (χ1) is 10.5. The molecule has 1 atom stereocenters. The molecule has 0 radical (unpaired) electrons. The van der Waals surface area contributed by atoms with Gasteiger partial charge >= 0.3 is 0 Å². The highest BCUT2D eigenvalue weighted by Gasteiger charge is 2.16. The third-order valence-corrected chi connectivity index (χ3v) is 3.16. The molecule has 118 valence electrons. The lowest BCUT2D eigenvalue weighted by molar-refractivity contribution is -0.122. The van der Waals surface area contributed by atoms with Crippen molar-refractivity contribution < 1.29 is 14.6 Å². The van der Waals surface area contributed by atoms with Gasteiger partial charge in [-0.2, -0.15) is 5.10 Å². The van der Waals surface area contributed by atoms with E-state index in [2.05, 4.69) is 10.4 Å². The summed E-state index contributed by atoms with van der Waals surface area (Å²) in [6.07, 6.45) is 2.73. The van der Waals surface area contributed by atoms with Crippen molar-refractivity contribution in [1.82, 2.24) is 9.78 Å². The van der Waals surface area contributed by atoms with Crippen molar-refractivity contribution in [2.24, 2.45) is 0 Å². The highest BCUT2D eigenvalue weighted by Crippen LogP contribution is 2.16. The standard InChI is InChI=1S/C16H21N3O3/c1-11(2)19-9-14(8-17-19)18-16(21)12(3)22-15-6-4-5-13(7-15)10-20/h4-9,11-12,20H,10H2,1-3H3,(H,18,21). The molecule has 0 saturated carbocycles. The van der Waals surface area contributed by atoms with Crippen LogP contribution in [0.15, 0.2) is 36.7 Å². The molecule has 1 aromatic heterocycles. The molecular weight excluding hydrogens is 282 g/mol. The van der Waals surface area contributed by atoms with E-state index in [1.165, 1.54) is 0 Å². The largest absolute Gasteiger partial charge is 0.481 e. The van der Waals surface area contributed by atoms with Gasteiger partial charge in [0.25, 0.3) is 5.91 Å². The van der Waals surface area contributed by atoms with Crippen LogP contribution in [-0.4, -0.2) is 26.9 Å². The first-order valence-electron chi connectivity index (χ1n) is 7.21. The van der Waals surface area contributed by atoms with Crippen molar-refractivity contribution >= 4 is 11.6 Å². The van der Waals surface area contributed by atoms with Crippen molar-refractivity contribution in [2.45, 2.75) is 39.5 Å². The van der Waals surface area contributed by atoms with Crippen molar-refractivity contribution in [3.8, 4) is 5.75 Å². The van der Waals surface area contributed by atoms with E-state index in [0.717, 1.165) is 5.56 Å². The Kier molecular flexibility index (Phi) is 5.16. The van der Waals surface area contributed by atoms with E-state index in [0.29, 0.717) is 11.4 Å². The lowest BCUT2D eigenvalue weighted by Crippen LogP contribution is -2.30. The molecule has 1 unspecified atom stereocenters. The Balaban J connectivity index is 1.96. The van der Waals surface area contributed by atoms with Crippen molar-refractivity contribution in [2.75, 3.05) is 5.32 Å². The zero-order valence-corrected chi connectivity index (χ0v) is 13.0. The fraction of sp³-hybridized carbons (Fsp3) is 0.375. The summed E-state index contributed by atoms with van der Waals surface area (Å²) in [6.45, 7) is 5.64. The van der Waals surface area contributed by atoms with Crippen molar-refractivity contribution in [3.05, 3.63) is 42.2 Å². The van der Waals surface area contributed by atoms with E-state index in [1.807, 2.05) is 13.8 Å². The van der Waals surface area contributed by atoms with Gasteiger partial charge in [0.1, 0.15) is 5.75 Å². The van der Waals surface area contributed by atoms with Crippen LogP contribution >= 0.6 is 0 Å². The molecule has 2 N–H and O–H groups in total. The van der Waals surface area contributed by atoms with Gasteiger partial charge in [-0.25, -0.2) is 0 Å². The molecule has 0 fully saturated rings. The number of nitrogens with zero attached hydrogens (tertiary/aromatic N) is 2. The van der Waals surface area contributed by atoms with Crippen molar-refractivity contribution in [1.29, 1.82) is 0 Å². The van der Waals surface area contributed by atoms with Crippen LogP contribution in [0, 0.1) is 0 Å². The third kappa shape index (κ3) is 4.08. The number of nitrogens with one attached hydrogen (secondary N) is 1. The minimum absolute atomic E-state index is 0.0633. The average molecular weight is 303 g/mol. The molecule has 6 nitrogen and oxygen atoms in total. The number of rotatable bonds is 6. The summed E-state index contributed by atoms with van der Waals surface area (Å²) in [7, 11) is 0. The summed E-state index contributed by atoms with van der Waals surface area (Å²) in [5.74, 6) is 0.296. The van der Waals surface area contributed by atoms with Crippen LogP contribution in [-0.2, 0) is 11.4 Å². The summed E-state index contributed by atoms with van der Waals surface area (Å²) >= 11 is 0. The normalized spacial score (nSPS) is 12.2. The number of hydrogen-bond donors (Lipinski definition) is 2. The van der Waals surface area contributed by atoms with Gasteiger partial charge in [-0.05, 0) is 38.5 Å². The maximum absolute atomic E-state index is 12.1. The van der Waals surface area contributed by atoms with Gasteiger partial charge < -0.3 is 15.2 Å². The number of benzene rings is 1. The quantitative estimate of drug-likeness (QED) is 0.859. The van der Waals surface area contributed by atoms with Gasteiger partial charge in [-0.15, -0.1) is 0 Å². The van der Waals surface area contributed by atoms with Gasteiger partial charge in [-0.1, -0.05) is 12.1 Å². The van der Waals surface area contributed by atoms with Crippen molar-refractivity contribution in [3.63, 3.8) is 0 Å². The maximum atomic E-state index is 12.1. The van der Waals surface area contributed by atoms with Gasteiger partial charge in [0, 0.05) is 12.2 Å². The van der Waals surface area contributed by atoms with Crippen LogP contribution in [0.2, 0.25) is 0 Å². The van der Waals surface area contributed by atoms with Crippen LogP contribution < -0.4 is 10.1 Å². The second-order valence-corrected chi connectivity index (χ2v) is 5.36. The summed E-state index contributed by atoms with van der Waals surface area (Å²) in [4.78, 5) is 12.1. The maximum Gasteiger partial charge on any atom is 0.265 e. The summed E-state index contributed by atoms with van der Waals surface area (Å²) in [5, 5.41) is 16.0. The predicted molar refractivity (Wildman–Crippen MR) is 83.7 cm³/mol. The molecule has 0 bridgehead atoms. The molecule has 0 aliphatic rings. The van der Waals surface area contributed by atoms with Crippen LogP contribution in [0.3, 0.4) is 0 Å². The fourth-order valence-corrected chi connectivity index (χ4v) is 1.90. The molecular formula is C16H21N3O3. The number of carbonyl (C=O) groups excluding carboxylic acids is 1. The monoisotopic (exact) mass is 303 g/mol. The molecule has 22 heavy (non-hydrogen) atoms. The summed E-state index contributed by atoms with van der Waals surface area (Å²) in [6, 6.07) is 7.26. The number of aliphatic hydroxyl groups is 1. The lowest BCUT2D eigenvalue weighted by atomic mass is 10.2. The van der Waals surface area contributed by atoms with E-state index >= 15 is 0 Å². The molecule has 0 spiro atoms. The number of carbonyl (C=O) groups is 1. The zero-order valence-electron chi connectivity index (χ0n) is 13.0. The van der Waals surface area contributed by atoms with Gasteiger partial charge in [0.15, 0.2) is 6.10 Å². The number of anilines is 1. The molecule has 6 heteroatoms. The highest BCUT2D eigenvalue weighted by molar-refractivity contribution is 5.93. The van der Waals surface area contributed by atoms with E-state index in [4.69, 9.17) is 9.84 Å². The Hall–Kier alpha value is -2.34. The SMILES string of the molecule is CC(Oc1cccc(CO)c1)C(=O)Nc1cnn(C(C)C)c1. The van der Waals surface area contributed by atoms with Crippen LogP contribution in [0.5, 0.6) is 5.75 Å². The highest BCUT2D eigenvalue weighted by atomic mass is 16.5. The second-order valence-electron chi connectivity index (χ2n) is 5.36. The van der Waals surface area contributed by atoms with Crippen LogP contribution in [0.4, 0.5) is 5.69 Å². The third-order valence-electron chi connectivity index (χ3n) is 3.16. The van der Waals surface area contributed by atoms with E-state index < -0.39 is 6.10 Å². The molecule has 1 heterocycles. The van der Waals surface area contributed by atoms with Gasteiger partial charge in [-0.3, -0.25) is 9.48 Å². The molecule has 0 saturated heterocycles. The minimum Gasteiger partial charge on any atom is -0.481 e. The minimum atomic E-state index is -0.656. The second kappa shape index (κ2) is 7.09. The number of amides is 1. The lowest BCUT2D eigenvalue weighted by Gasteiger charge is -2.14. The number of aliphatic hydroxyl groups excluding tert-OH is 1. The smallest absolute Gasteiger partial charge is 0.265 e. The van der Waals surface area contributed by atoms with E-state index in [-0.39, 0.29) is 18.6 Å². The fourth-order valence-electron chi connectivity index (χ4n) is 1.90. The Morgan fingerprint density at radius 3 is 2.82 bits per heavy atom. The van der Waals surface area contributed by atoms with Crippen LogP contribution in [0.1, 0.15) is 32.4 Å². The van der Waals surface area contributed by atoms with E-state index in [1.54, 1.807) is 48.3 Å². The molecule has 0 aliphatic heterocycles. The first-order valence-corrected chi connectivity index (χ1v) is 7.21. The molecule has 1 amide bonds. The number of hydrogen-bond acceptors (Lipinski definition) is 4. The van der Waals surface area contributed by atoms with Crippen LogP contribution in [0.25, 0.3) is 0 Å². The Morgan fingerprint density at radius 1 is 1.41 bits per heavy atom. The summed E-state index contributed by atoms with van der Waals surface area (Å²) in [5.41, 5.74) is 1.38. The van der Waals surface area contributed by atoms with E-state index in [9.17, 15) is 4.79 Å². The number of aromatic nitrogens is 2. The Morgan fingerprint density at radius 2 is 2.18 bits per heavy atom. The molecule has 1 aromatic carbocycles. The number of ether oxygens (including phenoxy) is 1. The predicted octanol–water partition coefficient (Wildman–Crippen LogP) is 2.36.